The fraction of sp³-hybridized carbons (Fsp3) is 0. The van der Waals surface area contributed by atoms with Crippen molar-refractivity contribution >= 4 is 66.8 Å². The minimum absolute atomic E-state index is 0.581. The molecule has 232 valence electrons. The quantitative estimate of drug-likeness (QED) is 0.176. The summed E-state index contributed by atoms with van der Waals surface area (Å²) in [6.45, 7) is 0. The number of nitrogens with zero attached hydrogens (tertiary/aromatic N) is 3. The van der Waals surface area contributed by atoms with E-state index in [1.165, 1.54) is 16.2 Å². The molecule has 4 nitrogen and oxygen atoms in total. The van der Waals surface area contributed by atoms with Crippen LogP contribution in [0.1, 0.15) is 0 Å². The maximum Gasteiger partial charge on any atom is 0.227 e. The topological polar surface area (TPSA) is 32.5 Å². The van der Waals surface area contributed by atoms with Gasteiger partial charge in [0.2, 0.25) is 5.89 Å². The summed E-state index contributed by atoms with van der Waals surface area (Å²) >= 11 is 0. The summed E-state index contributed by atoms with van der Waals surface area (Å²) in [6, 6.07) is 65.7. The van der Waals surface area contributed by atoms with Crippen LogP contribution in [-0.4, -0.2) is 4.98 Å². The van der Waals surface area contributed by atoms with Crippen LogP contribution in [0.5, 0.6) is 0 Å². The first-order valence-corrected chi connectivity index (χ1v) is 16.5. The van der Waals surface area contributed by atoms with E-state index >= 15 is 0 Å². The van der Waals surface area contributed by atoms with Crippen molar-refractivity contribution in [3.8, 4) is 11.5 Å². The molecule has 0 fully saturated rings. The number of hydrogen-bond donors (Lipinski definition) is 0. The van der Waals surface area contributed by atoms with Gasteiger partial charge in [-0.05, 0) is 94.3 Å². The lowest BCUT2D eigenvalue weighted by atomic mass is 10.1. The van der Waals surface area contributed by atoms with Gasteiger partial charge in [0, 0.05) is 28.3 Å². The minimum Gasteiger partial charge on any atom is -0.434 e. The Balaban J connectivity index is 1.33. The molecule has 1 aromatic heterocycles. The number of hydrogen-bond acceptors (Lipinski definition) is 4. The van der Waals surface area contributed by atoms with Crippen LogP contribution in [-0.2, 0) is 0 Å². The highest BCUT2D eigenvalue weighted by Crippen LogP contribution is 2.46. The van der Waals surface area contributed by atoms with Gasteiger partial charge in [0.1, 0.15) is 5.52 Å². The molecule has 0 amide bonds. The molecule has 0 bridgehead atoms. The van der Waals surface area contributed by atoms with Crippen molar-refractivity contribution in [1.82, 2.24) is 4.98 Å². The molecule has 0 saturated carbocycles. The second-order valence-corrected chi connectivity index (χ2v) is 12.1. The molecular formula is C45H31N3O. The fourth-order valence-corrected chi connectivity index (χ4v) is 6.66. The molecule has 0 N–H and O–H groups in total. The van der Waals surface area contributed by atoms with Crippen molar-refractivity contribution in [1.29, 1.82) is 0 Å². The summed E-state index contributed by atoms with van der Waals surface area (Å²) in [5.41, 5.74) is 8.43. The normalized spacial score (nSPS) is 11.3. The van der Waals surface area contributed by atoms with Crippen molar-refractivity contribution in [2.45, 2.75) is 0 Å². The Morgan fingerprint density at radius 2 is 0.857 bits per heavy atom. The molecule has 0 aliphatic carbocycles. The maximum atomic E-state index is 6.73. The predicted octanol–water partition coefficient (Wildman–Crippen LogP) is 12.7. The Bertz CT molecular complexity index is 2560. The van der Waals surface area contributed by atoms with E-state index in [-0.39, 0.29) is 0 Å². The number of oxazole rings is 1. The van der Waals surface area contributed by atoms with Gasteiger partial charge in [0.25, 0.3) is 0 Å². The Labute approximate surface area is 284 Å². The predicted molar refractivity (Wildman–Crippen MR) is 204 cm³/mol. The Morgan fingerprint density at radius 3 is 1.45 bits per heavy atom. The van der Waals surface area contributed by atoms with E-state index in [0.29, 0.717) is 11.5 Å². The lowest BCUT2D eigenvalue weighted by Crippen LogP contribution is -2.13. The number of para-hydroxylation sites is 2. The molecule has 9 aromatic rings. The van der Waals surface area contributed by atoms with Crippen molar-refractivity contribution in [3.05, 3.63) is 188 Å². The zero-order valence-electron chi connectivity index (χ0n) is 26.6. The second-order valence-electron chi connectivity index (χ2n) is 12.1. The third-order valence-corrected chi connectivity index (χ3v) is 8.99. The monoisotopic (exact) mass is 629 g/mol. The number of fused-ring (bicyclic) bond motifs is 3. The third kappa shape index (κ3) is 5.35. The molecule has 0 radical (unpaired) electrons. The molecule has 0 aliphatic heterocycles. The zero-order chi connectivity index (χ0) is 32.6. The number of benzene rings is 8. The lowest BCUT2D eigenvalue weighted by Gasteiger charge is -2.29. The average Bonchev–Trinajstić information content (AvgIpc) is 3.61. The molecule has 0 aliphatic rings. The van der Waals surface area contributed by atoms with Gasteiger partial charge in [0.05, 0.1) is 11.4 Å². The van der Waals surface area contributed by atoms with E-state index in [9.17, 15) is 0 Å². The van der Waals surface area contributed by atoms with E-state index in [2.05, 4.69) is 161 Å². The van der Waals surface area contributed by atoms with Crippen LogP contribution < -0.4 is 9.80 Å². The standard InChI is InChI=1S/C45H31N3O/c1-4-16-34(17-5-1)45-46-42-30-41(47(37-20-6-2-7-21-37)39-26-24-32-14-10-12-18-35(32)28-39)31-43(44(42)49-45)48(38-22-8-3-9-23-38)40-27-25-33-15-11-13-19-36(33)29-40/h1-31H. The van der Waals surface area contributed by atoms with E-state index < -0.39 is 0 Å². The Morgan fingerprint density at radius 1 is 0.367 bits per heavy atom. The summed E-state index contributed by atoms with van der Waals surface area (Å²) in [4.78, 5) is 9.70. The van der Waals surface area contributed by atoms with Gasteiger partial charge in [-0.2, -0.15) is 0 Å². The van der Waals surface area contributed by atoms with Gasteiger partial charge in [0.15, 0.2) is 5.58 Å². The SMILES string of the molecule is c1ccc(-c2nc3cc(N(c4ccccc4)c4ccc5ccccc5c4)cc(N(c4ccccc4)c4ccc5ccccc5c4)c3o2)cc1. The summed E-state index contributed by atoms with van der Waals surface area (Å²) in [5, 5.41) is 4.73. The number of anilines is 6. The zero-order valence-corrected chi connectivity index (χ0v) is 26.6. The van der Waals surface area contributed by atoms with Gasteiger partial charge < -0.3 is 14.2 Å². The van der Waals surface area contributed by atoms with Crippen molar-refractivity contribution in [3.63, 3.8) is 0 Å². The first-order valence-electron chi connectivity index (χ1n) is 16.5. The van der Waals surface area contributed by atoms with E-state index in [1.807, 2.05) is 36.4 Å². The highest BCUT2D eigenvalue weighted by atomic mass is 16.3. The summed E-state index contributed by atoms with van der Waals surface area (Å²) in [7, 11) is 0. The molecule has 9 rings (SSSR count). The molecule has 1 heterocycles. The van der Waals surface area contributed by atoms with Crippen molar-refractivity contribution in [2.24, 2.45) is 0 Å². The van der Waals surface area contributed by atoms with Gasteiger partial charge >= 0.3 is 0 Å². The van der Waals surface area contributed by atoms with Gasteiger partial charge in [-0.15, -0.1) is 0 Å². The van der Waals surface area contributed by atoms with Crippen LogP contribution in [0, 0.1) is 0 Å². The molecule has 8 aromatic carbocycles. The molecular weight excluding hydrogens is 599 g/mol. The Kier molecular flexibility index (Phi) is 7.10. The van der Waals surface area contributed by atoms with Gasteiger partial charge in [-0.3, -0.25) is 0 Å². The first kappa shape index (κ1) is 28.6. The molecule has 4 heteroatoms. The van der Waals surface area contributed by atoms with Crippen LogP contribution in [0.15, 0.2) is 192 Å². The largest absolute Gasteiger partial charge is 0.434 e. The number of aromatic nitrogens is 1. The smallest absolute Gasteiger partial charge is 0.227 e. The number of rotatable bonds is 7. The summed E-state index contributed by atoms with van der Waals surface area (Å²) < 4.78 is 6.73. The highest BCUT2D eigenvalue weighted by molar-refractivity contribution is 6.00. The van der Waals surface area contributed by atoms with Gasteiger partial charge in [-0.25, -0.2) is 4.98 Å². The summed E-state index contributed by atoms with van der Waals surface area (Å²) in [6.07, 6.45) is 0. The van der Waals surface area contributed by atoms with Crippen LogP contribution in [0.4, 0.5) is 34.1 Å². The van der Waals surface area contributed by atoms with Gasteiger partial charge in [-0.1, -0.05) is 115 Å². The van der Waals surface area contributed by atoms with E-state index in [1.54, 1.807) is 0 Å². The average molecular weight is 630 g/mol. The molecule has 0 saturated heterocycles. The molecule has 0 atom stereocenters. The Hall–Kier alpha value is -6.65. The van der Waals surface area contributed by atoms with Crippen LogP contribution in [0.25, 0.3) is 44.1 Å². The third-order valence-electron chi connectivity index (χ3n) is 8.99. The fourth-order valence-electron chi connectivity index (χ4n) is 6.66. The van der Waals surface area contributed by atoms with E-state index in [0.717, 1.165) is 50.6 Å². The second kappa shape index (κ2) is 12.2. The summed E-state index contributed by atoms with van der Waals surface area (Å²) in [5.74, 6) is 0.581. The van der Waals surface area contributed by atoms with E-state index in [4.69, 9.17) is 9.40 Å². The van der Waals surface area contributed by atoms with Crippen LogP contribution >= 0.6 is 0 Å². The molecule has 0 unspecified atom stereocenters. The molecule has 0 spiro atoms. The van der Waals surface area contributed by atoms with Crippen LogP contribution in [0.3, 0.4) is 0 Å². The first-order chi connectivity index (χ1) is 24.3. The maximum absolute atomic E-state index is 6.73. The lowest BCUT2D eigenvalue weighted by molar-refractivity contribution is 0.620. The highest BCUT2D eigenvalue weighted by Gasteiger charge is 2.24. The minimum atomic E-state index is 0.581. The molecule has 49 heavy (non-hydrogen) atoms. The van der Waals surface area contributed by atoms with Crippen molar-refractivity contribution in [2.75, 3.05) is 9.80 Å². The van der Waals surface area contributed by atoms with Crippen LogP contribution in [0.2, 0.25) is 0 Å². The van der Waals surface area contributed by atoms with Crippen molar-refractivity contribution < 1.29 is 4.42 Å².